The van der Waals surface area contributed by atoms with E-state index in [-0.39, 0.29) is 22.9 Å². The maximum absolute atomic E-state index is 13.2. The first kappa shape index (κ1) is 32.8. The molecule has 1 fully saturated rings. The van der Waals surface area contributed by atoms with Crippen LogP contribution in [0.2, 0.25) is 0 Å². The van der Waals surface area contributed by atoms with Crippen molar-refractivity contribution in [1.82, 2.24) is 5.32 Å². The molecule has 0 aliphatic carbocycles. The minimum absolute atomic E-state index is 0.0786. The Morgan fingerprint density at radius 2 is 1.55 bits per heavy atom. The van der Waals surface area contributed by atoms with Gasteiger partial charge >= 0.3 is 11.9 Å². The molecule has 8 heteroatoms. The highest BCUT2D eigenvalue weighted by atomic mass is 16.7. The number of carbonyl (C=O) groups is 2. The van der Waals surface area contributed by atoms with E-state index in [1.165, 1.54) is 25.0 Å². The Hall–Kier alpha value is -3.68. The molecule has 2 aromatic carbocycles. The number of hydrogen-bond donors (Lipinski definition) is 2. The number of unbranched alkanes of at least 4 members (excludes halogenated alkanes) is 3. The molecule has 1 aliphatic heterocycles. The van der Waals surface area contributed by atoms with Gasteiger partial charge in [0.2, 0.25) is 0 Å². The van der Waals surface area contributed by atoms with Gasteiger partial charge in [0.25, 0.3) is 5.79 Å². The Morgan fingerprint density at radius 1 is 0.905 bits per heavy atom. The summed E-state index contributed by atoms with van der Waals surface area (Å²) in [7, 11) is 3.12. The molecule has 0 bridgehead atoms. The third-order valence-corrected chi connectivity index (χ3v) is 7.00. The van der Waals surface area contributed by atoms with Gasteiger partial charge < -0.3 is 29.6 Å². The normalized spacial score (nSPS) is 15.4. The number of methoxy groups -OCH3 is 2. The predicted octanol–water partition coefficient (Wildman–Crippen LogP) is 6.92. The Balaban J connectivity index is 1.98. The van der Waals surface area contributed by atoms with E-state index < -0.39 is 17.7 Å². The number of nitrogens with one attached hydrogen (secondary N) is 2. The fourth-order valence-electron chi connectivity index (χ4n) is 5.00. The van der Waals surface area contributed by atoms with E-state index in [1.807, 2.05) is 0 Å². The summed E-state index contributed by atoms with van der Waals surface area (Å²) in [6.07, 6.45) is 6.93. The molecule has 1 heterocycles. The molecule has 0 spiro atoms. The summed E-state index contributed by atoms with van der Waals surface area (Å²) in [6.45, 7) is 12.0. The summed E-state index contributed by atoms with van der Waals surface area (Å²) in [6, 6.07) is 13.9. The molecule has 2 aromatic rings. The van der Waals surface area contributed by atoms with E-state index in [1.54, 1.807) is 32.4 Å². The second-order valence-electron chi connectivity index (χ2n) is 12.6. The van der Waals surface area contributed by atoms with Crippen molar-refractivity contribution in [2.24, 2.45) is 5.41 Å². The van der Waals surface area contributed by atoms with Crippen molar-refractivity contribution in [2.75, 3.05) is 19.5 Å². The van der Waals surface area contributed by atoms with E-state index in [9.17, 15) is 9.59 Å². The van der Waals surface area contributed by atoms with Crippen LogP contribution in [0.25, 0.3) is 0 Å². The van der Waals surface area contributed by atoms with Crippen molar-refractivity contribution in [3.63, 3.8) is 0 Å². The van der Waals surface area contributed by atoms with Crippen LogP contribution in [-0.4, -0.2) is 38.0 Å². The monoisotopic (exact) mass is 580 g/mol. The molecule has 3 rings (SSSR count). The molecule has 1 saturated heterocycles. The number of rotatable bonds is 14. The van der Waals surface area contributed by atoms with Gasteiger partial charge in [-0.05, 0) is 47.9 Å². The van der Waals surface area contributed by atoms with Gasteiger partial charge in [-0.25, -0.2) is 9.59 Å². The highest BCUT2D eigenvalue weighted by Gasteiger charge is 2.41. The van der Waals surface area contributed by atoms with Crippen molar-refractivity contribution in [1.29, 1.82) is 0 Å². The SMILES string of the molecule is CCCCCCC(Cc1ccc(CC(C)(C)C)cc1)NC(Nc1ccc(OC)cc1OC)=C1C(=O)OC(C)(C)OC1=O. The van der Waals surface area contributed by atoms with E-state index in [4.69, 9.17) is 18.9 Å². The summed E-state index contributed by atoms with van der Waals surface area (Å²) in [4.78, 5) is 26.4. The molecule has 0 amide bonds. The van der Waals surface area contributed by atoms with Crippen molar-refractivity contribution in [3.05, 3.63) is 65.0 Å². The lowest BCUT2D eigenvalue weighted by atomic mass is 9.87. The summed E-state index contributed by atoms with van der Waals surface area (Å²) >= 11 is 0. The van der Waals surface area contributed by atoms with Crippen LogP contribution < -0.4 is 20.1 Å². The smallest absolute Gasteiger partial charge is 0.352 e. The molecule has 42 heavy (non-hydrogen) atoms. The second-order valence-corrected chi connectivity index (χ2v) is 12.6. The van der Waals surface area contributed by atoms with Crippen molar-refractivity contribution in [2.45, 2.75) is 98.3 Å². The Kier molecular flexibility index (Phi) is 11.3. The minimum Gasteiger partial charge on any atom is -0.497 e. The quantitative estimate of drug-likeness (QED) is 0.108. The van der Waals surface area contributed by atoms with Gasteiger partial charge in [-0.2, -0.15) is 0 Å². The lowest BCUT2D eigenvalue weighted by Gasteiger charge is -2.32. The van der Waals surface area contributed by atoms with Crippen LogP contribution in [0.1, 0.15) is 84.8 Å². The molecule has 230 valence electrons. The van der Waals surface area contributed by atoms with Crippen LogP contribution in [-0.2, 0) is 31.9 Å². The predicted molar refractivity (Wildman–Crippen MR) is 165 cm³/mol. The Bertz CT molecular complexity index is 1220. The summed E-state index contributed by atoms with van der Waals surface area (Å²) < 4.78 is 21.8. The van der Waals surface area contributed by atoms with E-state index in [0.29, 0.717) is 23.6 Å². The van der Waals surface area contributed by atoms with Gasteiger partial charge in [-0.3, -0.25) is 0 Å². The van der Waals surface area contributed by atoms with Gasteiger partial charge in [0.05, 0.1) is 19.9 Å². The average Bonchev–Trinajstić information content (AvgIpc) is 2.90. The number of hydrogen-bond acceptors (Lipinski definition) is 8. The largest absolute Gasteiger partial charge is 0.497 e. The van der Waals surface area contributed by atoms with Crippen molar-refractivity contribution in [3.8, 4) is 11.5 Å². The number of carbonyl (C=O) groups excluding carboxylic acids is 2. The first-order valence-electron chi connectivity index (χ1n) is 14.9. The molecular formula is C34H48N2O6. The molecule has 0 radical (unpaired) electrons. The minimum atomic E-state index is -1.35. The van der Waals surface area contributed by atoms with E-state index in [2.05, 4.69) is 62.6 Å². The number of anilines is 1. The Morgan fingerprint density at radius 3 is 2.12 bits per heavy atom. The van der Waals surface area contributed by atoms with Gasteiger partial charge in [0.15, 0.2) is 5.57 Å². The summed E-state index contributed by atoms with van der Waals surface area (Å²) in [5.41, 5.74) is 3.01. The lowest BCUT2D eigenvalue weighted by Crippen LogP contribution is -2.45. The van der Waals surface area contributed by atoms with Crippen molar-refractivity contribution < 1.29 is 28.5 Å². The van der Waals surface area contributed by atoms with Crippen LogP contribution in [0.15, 0.2) is 53.9 Å². The number of esters is 2. The number of benzene rings is 2. The van der Waals surface area contributed by atoms with Gasteiger partial charge in [-0.15, -0.1) is 0 Å². The van der Waals surface area contributed by atoms with Crippen LogP contribution in [0.4, 0.5) is 5.69 Å². The Labute approximate surface area is 251 Å². The molecule has 1 unspecified atom stereocenters. The topological polar surface area (TPSA) is 95.1 Å². The molecule has 0 aromatic heterocycles. The highest BCUT2D eigenvalue weighted by Crippen LogP contribution is 2.32. The molecular weight excluding hydrogens is 532 g/mol. The number of cyclic esters (lactones) is 2. The fraction of sp³-hybridized carbons (Fsp3) is 0.529. The van der Waals surface area contributed by atoms with Crippen LogP contribution in [0.5, 0.6) is 11.5 Å². The lowest BCUT2D eigenvalue weighted by molar-refractivity contribution is -0.222. The summed E-state index contributed by atoms with van der Waals surface area (Å²) in [5, 5.41) is 6.75. The number of ether oxygens (including phenoxy) is 4. The van der Waals surface area contributed by atoms with E-state index >= 15 is 0 Å². The van der Waals surface area contributed by atoms with Gasteiger partial charge in [-0.1, -0.05) is 77.6 Å². The summed E-state index contributed by atoms with van der Waals surface area (Å²) in [5.74, 6) is -1.55. The van der Waals surface area contributed by atoms with Gasteiger partial charge in [0.1, 0.15) is 17.3 Å². The molecule has 2 N–H and O–H groups in total. The van der Waals surface area contributed by atoms with Gasteiger partial charge in [0, 0.05) is 26.0 Å². The van der Waals surface area contributed by atoms with Crippen molar-refractivity contribution >= 4 is 17.6 Å². The molecule has 1 atom stereocenters. The zero-order valence-electron chi connectivity index (χ0n) is 26.5. The molecule has 1 aliphatic rings. The standard InChI is InChI=1S/C34H48N2O6/c1-9-10-11-12-13-25(20-23-14-16-24(17-15-23)22-33(2,3)4)35-30(29-31(37)41-34(5,6)42-32(29)38)36-27-19-18-26(39-7)21-28(27)40-8/h14-19,21,25,35-36H,9-13,20,22H2,1-8H3. The third-order valence-electron chi connectivity index (χ3n) is 7.00. The highest BCUT2D eigenvalue weighted by molar-refractivity contribution is 6.16. The second kappa shape index (κ2) is 14.5. The van der Waals surface area contributed by atoms with Crippen LogP contribution >= 0.6 is 0 Å². The zero-order chi connectivity index (χ0) is 30.9. The molecule has 8 nitrogen and oxygen atoms in total. The average molecular weight is 581 g/mol. The maximum Gasteiger partial charge on any atom is 0.352 e. The maximum atomic E-state index is 13.2. The van der Waals surface area contributed by atoms with Crippen LogP contribution in [0, 0.1) is 5.41 Å². The third kappa shape index (κ3) is 9.71. The zero-order valence-corrected chi connectivity index (χ0v) is 26.5. The first-order chi connectivity index (χ1) is 19.8. The molecule has 0 saturated carbocycles. The van der Waals surface area contributed by atoms with Crippen LogP contribution in [0.3, 0.4) is 0 Å². The van der Waals surface area contributed by atoms with E-state index in [0.717, 1.165) is 38.5 Å². The fourth-order valence-corrected chi connectivity index (χ4v) is 5.00. The first-order valence-corrected chi connectivity index (χ1v) is 14.9.